The minimum Gasteiger partial charge on any atom is -0.343 e. The van der Waals surface area contributed by atoms with Gasteiger partial charge >= 0.3 is 0 Å². The molecule has 0 aliphatic carbocycles. The first-order valence-corrected chi connectivity index (χ1v) is 8.02. The third kappa shape index (κ3) is 4.77. The molecule has 0 aromatic heterocycles. The van der Waals surface area contributed by atoms with Crippen molar-refractivity contribution in [3.8, 4) is 0 Å². The molecule has 1 aliphatic rings. The van der Waals surface area contributed by atoms with Gasteiger partial charge in [-0.05, 0) is 62.0 Å². The number of amides is 1. The molecule has 1 N–H and O–H groups in total. The molecule has 1 aromatic rings. The second-order valence-corrected chi connectivity index (χ2v) is 5.87. The minimum absolute atomic E-state index is 0.0329. The lowest BCUT2D eigenvalue weighted by atomic mass is 9.96. The van der Waals surface area contributed by atoms with Gasteiger partial charge in [0.1, 0.15) is 11.6 Å². The number of hydrogen-bond acceptors (Lipinski definition) is 2. The van der Waals surface area contributed by atoms with Gasteiger partial charge in [0, 0.05) is 19.5 Å². The SMILES string of the molecule is CCNCC1CCN(C(=O)CCc2cc(F)ccc2F)CC1. The Kier molecular flexibility index (Phi) is 6.31. The molecule has 0 saturated carbocycles. The molecule has 1 amide bonds. The van der Waals surface area contributed by atoms with Crippen molar-refractivity contribution in [3.05, 3.63) is 35.4 Å². The molecule has 0 atom stereocenters. The van der Waals surface area contributed by atoms with Crippen LogP contribution < -0.4 is 5.32 Å². The van der Waals surface area contributed by atoms with Crippen LogP contribution in [-0.2, 0) is 11.2 Å². The average Bonchev–Trinajstić information content (AvgIpc) is 2.54. The van der Waals surface area contributed by atoms with Crippen molar-refractivity contribution in [1.82, 2.24) is 10.2 Å². The quantitative estimate of drug-likeness (QED) is 0.876. The Morgan fingerprint density at radius 1 is 1.32 bits per heavy atom. The van der Waals surface area contributed by atoms with E-state index in [9.17, 15) is 13.6 Å². The van der Waals surface area contributed by atoms with Gasteiger partial charge in [0.2, 0.25) is 5.91 Å². The highest BCUT2D eigenvalue weighted by Gasteiger charge is 2.22. The van der Waals surface area contributed by atoms with Gasteiger partial charge < -0.3 is 10.2 Å². The number of hydrogen-bond donors (Lipinski definition) is 1. The summed E-state index contributed by atoms with van der Waals surface area (Å²) in [5.41, 5.74) is 0.274. The van der Waals surface area contributed by atoms with E-state index in [1.807, 2.05) is 4.90 Å². The van der Waals surface area contributed by atoms with Gasteiger partial charge in [0.25, 0.3) is 0 Å². The van der Waals surface area contributed by atoms with Gasteiger partial charge in [0.05, 0.1) is 0 Å². The molecule has 1 aliphatic heterocycles. The number of carbonyl (C=O) groups excluding carboxylic acids is 1. The molecule has 1 heterocycles. The van der Waals surface area contributed by atoms with Crippen LogP contribution >= 0.6 is 0 Å². The number of benzene rings is 1. The predicted molar refractivity (Wildman–Crippen MR) is 82.5 cm³/mol. The van der Waals surface area contributed by atoms with Crippen LogP contribution in [0.25, 0.3) is 0 Å². The number of carbonyl (C=O) groups is 1. The molecule has 0 unspecified atom stereocenters. The van der Waals surface area contributed by atoms with E-state index in [4.69, 9.17) is 0 Å². The number of likely N-dealkylation sites (tertiary alicyclic amines) is 1. The van der Waals surface area contributed by atoms with Gasteiger partial charge in [-0.3, -0.25) is 4.79 Å². The third-order valence-corrected chi connectivity index (χ3v) is 4.27. The van der Waals surface area contributed by atoms with E-state index in [1.54, 1.807) is 0 Å². The van der Waals surface area contributed by atoms with Crippen molar-refractivity contribution in [2.24, 2.45) is 5.92 Å². The van der Waals surface area contributed by atoms with Gasteiger partial charge in [-0.1, -0.05) is 6.92 Å². The molecular weight excluding hydrogens is 286 g/mol. The Labute approximate surface area is 130 Å². The van der Waals surface area contributed by atoms with Gasteiger partial charge in [-0.2, -0.15) is 0 Å². The van der Waals surface area contributed by atoms with Gasteiger partial charge in [-0.25, -0.2) is 8.78 Å². The summed E-state index contributed by atoms with van der Waals surface area (Å²) in [5, 5.41) is 3.34. The number of rotatable bonds is 6. The monoisotopic (exact) mass is 310 g/mol. The largest absolute Gasteiger partial charge is 0.343 e. The van der Waals surface area contributed by atoms with Crippen LogP contribution in [0, 0.1) is 17.6 Å². The molecule has 22 heavy (non-hydrogen) atoms. The van der Waals surface area contributed by atoms with Crippen molar-refractivity contribution < 1.29 is 13.6 Å². The van der Waals surface area contributed by atoms with Crippen molar-refractivity contribution in [3.63, 3.8) is 0 Å². The van der Waals surface area contributed by atoms with Crippen LogP contribution in [0.15, 0.2) is 18.2 Å². The zero-order valence-corrected chi connectivity index (χ0v) is 13.1. The number of halogens is 2. The molecule has 1 saturated heterocycles. The maximum atomic E-state index is 13.5. The molecule has 5 heteroatoms. The Balaban J connectivity index is 1.77. The molecule has 0 radical (unpaired) electrons. The van der Waals surface area contributed by atoms with Crippen molar-refractivity contribution in [2.75, 3.05) is 26.2 Å². The summed E-state index contributed by atoms with van der Waals surface area (Å²) < 4.78 is 26.6. The van der Waals surface area contributed by atoms with E-state index < -0.39 is 11.6 Å². The number of aryl methyl sites for hydroxylation is 1. The van der Waals surface area contributed by atoms with Crippen molar-refractivity contribution in [2.45, 2.75) is 32.6 Å². The van der Waals surface area contributed by atoms with Crippen molar-refractivity contribution >= 4 is 5.91 Å². The molecule has 0 bridgehead atoms. The summed E-state index contributed by atoms with van der Waals surface area (Å²) in [5.74, 6) is -0.248. The first-order chi connectivity index (χ1) is 10.6. The Hall–Kier alpha value is -1.49. The summed E-state index contributed by atoms with van der Waals surface area (Å²) in [4.78, 5) is 14.0. The van der Waals surface area contributed by atoms with E-state index in [1.165, 1.54) is 6.07 Å². The van der Waals surface area contributed by atoms with Crippen LogP contribution in [0.5, 0.6) is 0 Å². The van der Waals surface area contributed by atoms with Gasteiger partial charge in [0.15, 0.2) is 0 Å². The summed E-state index contributed by atoms with van der Waals surface area (Å²) in [6, 6.07) is 3.38. The maximum absolute atomic E-state index is 13.5. The highest BCUT2D eigenvalue weighted by atomic mass is 19.1. The first kappa shape index (κ1) is 16.9. The van der Waals surface area contributed by atoms with E-state index in [0.29, 0.717) is 5.92 Å². The average molecular weight is 310 g/mol. The topological polar surface area (TPSA) is 32.3 Å². The summed E-state index contributed by atoms with van der Waals surface area (Å²) in [7, 11) is 0. The molecule has 1 fully saturated rings. The lowest BCUT2D eigenvalue weighted by molar-refractivity contribution is -0.132. The van der Waals surface area contributed by atoms with Crippen LogP contribution in [0.4, 0.5) is 8.78 Å². The fourth-order valence-electron chi connectivity index (χ4n) is 2.87. The van der Waals surface area contributed by atoms with E-state index in [2.05, 4.69) is 12.2 Å². The zero-order valence-electron chi connectivity index (χ0n) is 13.1. The maximum Gasteiger partial charge on any atom is 0.222 e. The molecule has 2 rings (SSSR count). The Bertz CT molecular complexity index is 499. The normalized spacial score (nSPS) is 16.0. The lowest BCUT2D eigenvalue weighted by Crippen LogP contribution is -2.40. The molecule has 122 valence electrons. The molecule has 3 nitrogen and oxygen atoms in total. The molecular formula is C17H24F2N2O. The van der Waals surface area contributed by atoms with E-state index in [0.717, 1.165) is 51.2 Å². The number of nitrogens with zero attached hydrogens (tertiary/aromatic N) is 1. The zero-order chi connectivity index (χ0) is 15.9. The van der Waals surface area contributed by atoms with Crippen LogP contribution in [0.3, 0.4) is 0 Å². The number of piperidine rings is 1. The summed E-state index contributed by atoms with van der Waals surface area (Å²) in [6.45, 7) is 5.59. The smallest absolute Gasteiger partial charge is 0.222 e. The third-order valence-electron chi connectivity index (χ3n) is 4.27. The number of nitrogens with one attached hydrogen (secondary N) is 1. The Morgan fingerprint density at radius 3 is 2.73 bits per heavy atom. The second-order valence-electron chi connectivity index (χ2n) is 5.87. The van der Waals surface area contributed by atoms with E-state index >= 15 is 0 Å². The Morgan fingerprint density at radius 2 is 2.05 bits per heavy atom. The first-order valence-electron chi connectivity index (χ1n) is 8.02. The fraction of sp³-hybridized carbons (Fsp3) is 0.588. The second kappa shape index (κ2) is 8.22. The van der Waals surface area contributed by atoms with Crippen LogP contribution in [0.2, 0.25) is 0 Å². The summed E-state index contributed by atoms with van der Waals surface area (Å²) in [6.07, 6.45) is 2.50. The van der Waals surface area contributed by atoms with Crippen molar-refractivity contribution in [1.29, 1.82) is 0 Å². The van der Waals surface area contributed by atoms with Crippen LogP contribution in [0.1, 0.15) is 31.7 Å². The highest BCUT2D eigenvalue weighted by molar-refractivity contribution is 5.76. The van der Waals surface area contributed by atoms with E-state index in [-0.39, 0.29) is 24.3 Å². The standard InChI is InChI=1S/C17H24F2N2O/c1-2-20-12-13-7-9-21(10-8-13)17(22)6-3-14-11-15(18)4-5-16(14)19/h4-5,11,13,20H,2-3,6-10,12H2,1H3. The fourth-order valence-corrected chi connectivity index (χ4v) is 2.87. The van der Waals surface area contributed by atoms with Gasteiger partial charge in [-0.15, -0.1) is 0 Å². The summed E-state index contributed by atoms with van der Waals surface area (Å²) >= 11 is 0. The minimum atomic E-state index is -0.465. The van der Waals surface area contributed by atoms with Crippen LogP contribution in [-0.4, -0.2) is 37.0 Å². The molecule has 1 aromatic carbocycles. The predicted octanol–water partition coefficient (Wildman–Crippen LogP) is 2.75. The lowest BCUT2D eigenvalue weighted by Gasteiger charge is -2.32. The highest BCUT2D eigenvalue weighted by Crippen LogP contribution is 2.18. The molecule has 0 spiro atoms.